The molecule has 5 nitrogen and oxygen atoms in total. The van der Waals surface area contributed by atoms with Crippen molar-refractivity contribution in [2.75, 3.05) is 33.8 Å². The number of benzene rings is 1. The molecule has 0 aliphatic carbocycles. The lowest BCUT2D eigenvalue weighted by atomic mass is 10.1. The number of carbonyl (C=O) groups is 1. The first kappa shape index (κ1) is 17.9. The van der Waals surface area contributed by atoms with Crippen LogP contribution in [0.1, 0.15) is 13.3 Å². The molecule has 0 radical (unpaired) electrons. The average molecular weight is 359 g/mol. The van der Waals surface area contributed by atoms with Crippen molar-refractivity contribution >= 4 is 21.8 Å². The number of rotatable bonds is 8. The normalized spacial score (nSPS) is 13.8. The molecule has 0 saturated heterocycles. The van der Waals surface area contributed by atoms with Crippen LogP contribution in [0, 0.1) is 0 Å². The van der Waals surface area contributed by atoms with Crippen LogP contribution >= 0.6 is 15.9 Å². The number of halogens is 1. The number of aliphatic hydroxyl groups is 1. The largest absolute Gasteiger partial charge is 0.493 e. The Labute approximate surface area is 134 Å². The Hall–Kier alpha value is -1.11. The van der Waals surface area contributed by atoms with Gasteiger partial charge in [-0.05, 0) is 45.3 Å². The summed E-state index contributed by atoms with van der Waals surface area (Å²) in [7, 11) is 3.75. The third-order valence-corrected chi connectivity index (χ3v) is 3.26. The molecular weight excluding hydrogens is 336 g/mol. The van der Waals surface area contributed by atoms with Crippen molar-refractivity contribution in [3.63, 3.8) is 0 Å². The second-order valence-electron chi connectivity index (χ2n) is 5.56. The summed E-state index contributed by atoms with van der Waals surface area (Å²) in [6.45, 7) is 2.72. The molecule has 1 aromatic rings. The molecule has 0 aromatic heterocycles. The van der Waals surface area contributed by atoms with E-state index in [9.17, 15) is 9.90 Å². The average Bonchev–Trinajstić information content (AvgIpc) is 2.37. The van der Waals surface area contributed by atoms with Gasteiger partial charge < -0.3 is 20.1 Å². The summed E-state index contributed by atoms with van der Waals surface area (Å²) < 4.78 is 6.46. The molecule has 6 heteroatoms. The van der Waals surface area contributed by atoms with Crippen molar-refractivity contribution in [2.24, 2.45) is 0 Å². The molecule has 0 fully saturated rings. The topological polar surface area (TPSA) is 61.8 Å². The Kier molecular flexibility index (Phi) is 7.14. The highest BCUT2D eigenvalue weighted by Crippen LogP contribution is 2.16. The van der Waals surface area contributed by atoms with Crippen molar-refractivity contribution in [3.05, 3.63) is 28.7 Å². The molecule has 2 N–H and O–H groups in total. The minimum atomic E-state index is -0.939. The molecule has 0 spiro atoms. The second kappa shape index (κ2) is 8.36. The fraction of sp³-hybridized carbons (Fsp3) is 0.533. The molecule has 1 unspecified atom stereocenters. The number of amides is 1. The Morgan fingerprint density at radius 3 is 2.57 bits per heavy atom. The quantitative estimate of drug-likeness (QED) is 0.741. The van der Waals surface area contributed by atoms with E-state index in [0.717, 1.165) is 10.2 Å². The Balaban J connectivity index is 2.23. The summed E-state index contributed by atoms with van der Waals surface area (Å²) in [4.78, 5) is 13.6. The zero-order valence-electron chi connectivity index (χ0n) is 12.7. The van der Waals surface area contributed by atoms with E-state index in [1.165, 1.54) is 0 Å². The van der Waals surface area contributed by atoms with Gasteiger partial charge in [0.15, 0.2) is 0 Å². The van der Waals surface area contributed by atoms with E-state index in [1.54, 1.807) is 6.92 Å². The van der Waals surface area contributed by atoms with E-state index in [0.29, 0.717) is 13.2 Å². The molecular formula is C15H23BrN2O3. The lowest BCUT2D eigenvalue weighted by molar-refractivity contribution is -0.122. The predicted octanol–water partition coefficient (Wildman–Crippen LogP) is 1.65. The van der Waals surface area contributed by atoms with Gasteiger partial charge in [0.25, 0.3) is 0 Å². The number of hydrogen-bond donors (Lipinski definition) is 2. The Bertz CT molecular complexity index is 447. The van der Waals surface area contributed by atoms with E-state index >= 15 is 0 Å². The lowest BCUT2D eigenvalue weighted by Crippen LogP contribution is -2.47. The van der Waals surface area contributed by atoms with Gasteiger partial charge in [-0.3, -0.25) is 4.79 Å². The Morgan fingerprint density at radius 1 is 1.38 bits per heavy atom. The van der Waals surface area contributed by atoms with Crippen LogP contribution in [-0.4, -0.2) is 55.3 Å². The molecule has 1 atom stereocenters. The first-order chi connectivity index (χ1) is 9.78. The number of hydrogen-bond acceptors (Lipinski definition) is 4. The highest BCUT2D eigenvalue weighted by molar-refractivity contribution is 9.10. The molecule has 0 heterocycles. The standard InChI is InChI=1S/C15H23BrN2O3/c1-15(20,11-18(2)3)10-17-14(19)8-9-21-13-6-4-12(16)5-7-13/h4-7,20H,8-11H2,1-3H3,(H,17,19). The molecule has 1 rings (SSSR count). The van der Waals surface area contributed by atoms with Crippen molar-refractivity contribution < 1.29 is 14.6 Å². The first-order valence-electron chi connectivity index (χ1n) is 6.81. The number of likely N-dealkylation sites (N-methyl/N-ethyl adjacent to an activating group) is 1. The van der Waals surface area contributed by atoms with E-state index < -0.39 is 5.60 Å². The molecule has 1 amide bonds. The van der Waals surface area contributed by atoms with Crippen LogP contribution in [-0.2, 0) is 4.79 Å². The summed E-state index contributed by atoms with van der Waals surface area (Å²) >= 11 is 3.35. The molecule has 118 valence electrons. The minimum Gasteiger partial charge on any atom is -0.493 e. The van der Waals surface area contributed by atoms with Crippen LogP contribution in [0.25, 0.3) is 0 Å². The summed E-state index contributed by atoms with van der Waals surface area (Å²) in [5.74, 6) is 0.594. The van der Waals surface area contributed by atoms with E-state index in [4.69, 9.17) is 4.74 Å². The highest BCUT2D eigenvalue weighted by atomic mass is 79.9. The highest BCUT2D eigenvalue weighted by Gasteiger charge is 2.21. The van der Waals surface area contributed by atoms with Gasteiger partial charge in [0.05, 0.1) is 18.6 Å². The van der Waals surface area contributed by atoms with Gasteiger partial charge in [-0.2, -0.15) is 0 Å². The van der Waals surface area contributed by atoms with Crippen molar-refractivity contribution in [1.82, 2.24) is 10.2 Å². The summed E-state index contributed by atoms with van der Waals surface area (Å²) in [5.41, 5.74) is -0.939. The number of nitrogens with zero attached hydrogens (tertiary/aromatic N) is 1. The Morgan fingerprint density at radius 2 is 2.00 bits per heavy atom. The summed E-state index contributed by atoms with van der Waals surface area (Å²) in [6, 6.07) is 7.44. The monoisotopic (exact) mass is 358 g/mol. The van der Waals surface area contributed by atoms with Gasteiger partial charge in [0, 0.05) is 17.6 Å². The van der Waals surface area contributed by atoms with E-state index in [1.807, 2.05) is 43.3 Å². The molecule has 0 bridgehead atoms. The van der Waals surface area contributed by atoms with Gasteiger partial charge in [0.1, 0.15) is 5.75 Å². The predicted molar refractivity (Wildman–Crippen MR) is 86.4 cm³/mol. The third-order valence-electron chi connectivity index (χ3n) is 2.73. The van der Waals surface area contributed by atoms with Crippen molar-refractivity contribution in [3.8, 4) is 5.75 Å². The van der Waals surface area contributed by atoms with E-state index in [-0.39, 0.29) is 18.9 Å². The summed E-state index contributed by atoms with van der Waals surface area (Å²) in [5, 5.41) is 12.8. The van der Waals surface area contributed by atoms with Crippen LogP contribution in [0.4, 0.5) is 0 Å². The van der Waals surface area contributed by atoms with Gasteiger partial charge in [-0.25, -0.2) is 0 Å². The maximum atomic E-state index is 11.7. The molecule has 21 heavy (non-hydrogen) atoms. The van der Waals surface area contributed by atoms with Crippen LogP contribution in [0.15, 0.2) is 28.7 Å². The molecule has 0 aliphatic rings. The number of carbonyl (C=O) groups excluding carboxylic acids is 1. The van der Waals surface area contributed by atoms with Gasteiger partial charge in [-0.15, -0.1) is 0 Å². The second-order valence-corrected chi connectivity index (χ2v) is 6.48. The number of nitrogens with one attached hydrogen (secondary N) is 1. The SMILES string of the molecule is CN(C)CC(C)(O)CNC(=O)CCOc1ccc(Br)cc1. The number of ether oxygens (including phenoxy) is 1. The fourth-order valence-corrected chi connectivity index (χ4v) is 2.17. The van der Waals surface area contributed by atoms with Crippen molar-refractivity contribution in [1.29, 1.82) is 0 Å². The lowest BCUT2D eigenvalue weighted by Gasteiger charge is -2.27. The zero-order valence-corrected chi connectivity index (χ0v) is 14.3. The smallest absolute Gasteiger partial charge is 0.223 e. The van der Waals surface area contributed by atoms with Gasteiger partial charge in [0.2, 0.25) is 5.91 Å². The summed E-state index contributed by atoms with van der Waals surface area (Å²) in [6.07, 6.45) is 0.258. The minimum absolute atomic E-state index is 0.133. The van der Waals surface area contributed by atoms with Crippen LogP contribution in [0.5, 0.6) is 5.75 Å². The van der Waals surface area contributed by atoms with Gasteiger partial charge >= 0.3 is 0 Å². The van der Waals surface area contributed by atoms with Crippen LogP contribution in [0.2, 0.25) is 0 Å². The zero-order chi connectivity index (χ0) is 15.9. The third kappa shape index (κ3) is 8.04. The maximum Gasteiger partial charge on any atom is 0.223 e. The van der Waals surface area contributed by atoms with E-state index in [2.05, 4.69) is 21.2 Å². The maximum absolute atomic E-state index is 11.7. The fourth-order valence-electron chi connectivity index (χ4n) is 1.91. The molecule has 0 saturated carbocycles. The van der Waals surface area contributed by atoms with Gasteiger partial charge in [-0.1, -0.05) is 15.9 Å². The molecule has 0 aliphatic heterocycles. The van der Waals surface area contributed by atoms with Crippen LogP contribution < -0.4 is 10.1 Å². The van der Waals surface area contributed by atoms with Crippen LogP contribution in [0.3, 0.4) is 0 Å². The molecule has 1 aromatic carbocycles. The first-order valence-corrected chi connectivity index (χ1v) is 7.60. The van der Waals surface area contributed by atoms with Crippen molar-refractivity contribution in [2.45, 2.75) is 18.9 Å².